The molecule has 2 amide bonds. The molecule has 1 aliphatic heterocycles. The maximum atomic E-state index is 12.8. The molecule has 6 nitrogen and oxygen atoms in total. The van der Waals surface area contributed by atoms with Gasteiger partial charge in [0.15, 0.2) is 5.78 Å². The third-order valence-electron chi connectivity index (χ3n) is 4.95. The van der Waals surface area contributed by atoms with E-state index in [2.05, 4.69) is 0 Å². The average molecular weight is 362 g/mol. The van der Waals surface area contributed by atoms with Crippen molar-refractivity contribution in [1.29, 1.82) is 0 Å². The molecule has 0 unspecified atom stereocenters. The van der Waals surface area contributed by atoms with Gasteiger partial charge in [0.05, 0.1) is 30.5 Å². The van der Waals surface area contributed by atoms with E-state index in [1.54, 1.807) is 36.6 Å². The lowest BCUT2D eigenvalue weighted by molar-refractivity contribution is 0.0624. The molecule has 27 heavy (non-hydrogen) atoms. The second-order valence-corrected chi connectivity index (χ2v) is 6.62. The van der Waals surface area contributed by atoms with Crippen LogP contribution >= 0.6 is 0 Å². The van der Waals surface area contributed by atoms with Crippen LogP contribution in [0.5, 0.6) is 0 Å². The van der Waals surface area contributed by atoms with Crippen LogP contribution in [0.15, 0.2) is 53.1 Å². The van der Waals surface area contributed by atoms with Gasteiger partial charge in [-0.2, -0.15) is 0 Å². The van der Waals surface area contributed by atoms with E-state index in [1.807, 2.05) is 30.5 Å². The van der Waals surface area contributed by atoms with Gasteiger partial charge in [0.2, 0.25) is 0 Å². The first-order chi connectivity index (χ1) is 13.0. The molecule has 0 N–H and O–H groups in total. The molecule has 0 aliphatic carbocycles. The second kappa shape index (κ2) is 6.39. The lowest BCUT2D eigenvalue weighted by Gasteiger charge is -2.13. The number of hydrogen-bond acceptors (Lipinski definition) is 4. The van der Waals surface area contributed by atoms with Crippen LogP contribution in [0.4, 0.5) is 0 Å². The maximum Gasteiger partial charge on any atom is 0.261 e. The summed E-state index contributed by atoms with van der Waals surface area (Å²) in [5.74, 6) is -0.318. The van der Waals surface area contributed by atoms with E-state index in [-0.39, 0.29) is 12.3 Å². The molecule has 4 rings (SSSR count). The fourth-order valence-electron chi connectivity index (χ4n) is 3.50. The Morgan fingerprint density at radius 1 is 1.00 bits per heavy atom. The average Bonchev–Trinajstić information content (AvgIpc) is 3.34. The fourth-order valence-corrected chi connectivity index (χ4v) is 3.50. The highest BCUT2D eigenvalue weighted by atomic mass is 16.3. The number of imide groups is 1. The van der Waals surface area contributed by atoms with Gasteiger partial charge in [0.25, 0.3) is 11.8 Å². The highest BCUT2D eigenvalue weighted by molar-refractivity contribution is 6.23. The number of amides is 2. The summed E-state index contributed by atoms with van der Waals surface area (Å²) >= 11 is 0. The molecule has 0 saturated carbocycles. The van der Waals surface area contributed by atoms with E-state index in [1.165, 1.54) is 0 Å². The number of Topliss-reactive ketones (excluding diaryl/α,β-unsaturated/α-hetero) is 1. The fraction of sp³-hybridized carbons (Fsp3) is 0.190. The van der Waals surface area contributed by atoms with Crippen molar-refractivity contribution >= 4 is 17.6 Å². The Labute approximate surface area is 156 Å². The van der Waals surface area contributed by atoms with Gasteiger partial charge in [-0.25, -0.2) is 0 Å². The molecule has 0 bridgehead atoms. The minimum Gasteiger partial charge on any atom is -0.467 e. The summed E-state index contributed by atoms with van der Waals surface area (Å²) in [6, 6.07) is 12.1. The van der Waals surface area contributed by atoms with Crippen LogP contribution in [0.3, 0.4) is 0 Å². The van der Waals surface area contributed by atoms with E-state index < -0.39 is 11.8 Å². The zero-order chi connectivity index (χ0) is 19.1. The van der Waals surface area contributed by atoms with Gasteiger partial charge in [-0.05, 0) is 44.2 Å². The maximum absolute atomic E-state index is 12.8. The van der Waals surface area contributed by atoms with Crippen molar-refractivity contribution in [2.24, 2.45) is 0 Å². The van der Waals surface area contributed by atoms with Crippen molar-refractivity contribution < 1.29 is 18.8 Å². The summed E-state index contributed by atoms with van der Waals surface area (Å²) in [4.78, 5) is 38.8. The van der Waals surface area contributed by atoms with Crippen LogP contribution in [0, 0.1) is 13.8 Å². The number of ketones is 1. The molecule has 2 aromatic heterocycles. The van der Waals surface area contributed by atoms with Crippen LogP contribution in [-0.2, 0) is 6.54 Å². The molecular formula is C21H18N2O4. The number of aryl methyl sites for hydroxylation is 1. The van der Waals surface area contributed by atoms with E-state index in [4.69, 9.17) is 4.42 Å². The molecule has 3 heterocycles. The van der Waals surface area contributed by atoms with Crippen LogP contribution in [-0.4, -0.2) is 33.6 Å². The van der Waals surface area contributed by atoms with Gasteiger partial charge in [-0.1, -0.05) is 12.1 Å². The molecule has 3 aromatic rings. The molecule has 1 aliphatic rings. The first-order valence-corrected chi connectivity index (χ1v) is 8.65. The van der Waals surface area contributed by atoms with Gasteiger partial charge in [-0.3, -0.25) is 19.3 Å². The van der Waals surface area contributed by atoms with Crippen LogP contribution < -0.4 is 0 Å². The number of rotatable bonds is 5. The molecule has 0 fully saturated rings. The molecule has 0 saturated heterocycles. The zero-order valence-corrected chi connectivity index (χ0v) is 15.1. The summed E-state index contributed by atoms with van der Waals surface area (Å²) in [5, 5.41) is 0. The van der Waals surface area contributed by atoms with Crippen molar-refractivity contribution in [3.8, 4) is 0 Å². The number of nitrogens with zero attached hydrogens (tertiary/aromatic N) is 2. The highest BCUT2D eigenvalue weighted by Crippen LogP contribution is 2.24. The SMILES string of the molecule is Cc1cc(C(=O)CN2C(=O)c3ccccc3C2=O)c(C)n1Cc1ccco1. The summed E-state index contributed by atoms with van der Waals surface area (Å²) in [6.07, 6.45) is 1.61. The topological polar surface area (TPSA) is 72.5 Å². The Kier molecular flexibility index (Phi) is 4.03. The van der Waals surface area contributed by atoms with Crippen molar-refractivity contribution in [2.75, 3.05) is 6.54 Å². The smallest absolute Gasteiger partial charge is 0.261 e. The monoisotopic (exact) mass is 362 g/mol. The highest BCUT2D eigenvalue weighted by Gasteiger charge is 2.36. The minimum atomic E-state index is -0.423. The lowest BCUT2D eigenvalue weighted by atomic mass is 10.1. The predicted molar refractivity (Wildman–Crippen MR) is 97.9 cm³/mol. The summed E-state index contributed by atoms with van der Waals surface area (Å²) in [7, 11) is 0. The predicted octanol–water partition coefficient (Wildman–Crippen LogP) is 3.23. The van der Waals surface area contributed by atoms with E-state index in [9.17, 15) is 14.4 Å². The van der Waals surface area contributed by atoms with E-state index in [0.717, 1.165) is 22.0 Å². The Hall–Kier alpha value is -3.41. The van der Waals surface area contributed by atoms with Crippen LogP contribution in [0.2, 0.25) is 0 Å². The molecule has 6 heteroatoms. The summed E-state index contributed by atoms with van der Waals surface area (Å²) in [5.41, 5.74) is 2.90. The van der Waals surface area contributed by atoms with Gasteiger partial charge in [0, 0.05) is 17.0 Å². The first-order valence-electron chi connectivity index (χ1n) is 8.65. The van der Waals surface area contributed by atoms with Gasteiger partial charge >= 0.3 is 0 Å². The molecule has 136 valence electrons. The van der Waals surface area contributed by atoms with E-state index >= 15 is 0 Å². The zero-order valence-electron chi connectivity index (χ0n) is 15.1. The Bertz CT molecular complexity index is 1030. The first kappa shape index (κ1) is 17.0. The second-order valence-electron chi connectivity index (χ2n) is 6.62. The Balaban J connectivity index is 1.58. The number of hydrogen-bond donors (Lipinski definition) is 0. The van der Waals surface area contributed by atoms with Crippen molar-refractivity contribution in [3.63, 3.8) is 0 Å². The third-order valence-corrected chi connectivity index (χ3v) is 4.95. The number of benzene rings is 1. The number of carbonyl (C=O) groups is 3. The van der Waals surface area contributed by atoms with Crippen LogP contribution in [0.1, 0.15) is 48.2 Å². The van der Waals surface area contributed by atoms with Gasteiger partial charge in [0.1, 0.15) is 5.76 Å². The number of carbonyl (C=O) groups excluding carboxylic acids is 3. The number of aromatic nitrogens is 1. The Morgan fingerprint density at radius 3 is 2.26 bits per heavy atom. The summed E-state index contributed by atoms with van der Waals surface area (Å²) in [6.45, 7) is 4.02. The molecule has 0 atom stereocenters. The largest absolute Gasteiger partial charge is 0.467 e. The van der Waals surface area contributed by atoms with E-state index in [0.29, 0.717) is 23.2 Å². The summed E-state index contributed by atoms with van der Waals surface area (Å²) < 4.78 is 7.37. The number of fused-ring (bicyclic) bond motifs is 1. The van der Waals surface area contributed by atoms with Gasteiger partial charge < -0.3 is 8.98 Å². The minimum absolute atomic E-state index is 0.261. The standard InChI is InChI=1S/C21H18N2O4/c1-13-10-18(14(2)22(13)11-15-6-5-9-27-15)19(24)12-23-20(25)16-7-3-4-8-17(16)21(23)26/h3-10H,11-12H2,1-2H3. The molecule has 0 spiro atoms. The number of furan rings is 1. The lowest BCUT2D eigenvalue weighted by Crippen LogP contribution is -2.35. The Morgan fingerprint density at radius 2 is 1.67 bits per heavy atom. The normalized spacial score (nSPS) is 13.3. The third kappa shape index (κ3) is 2.79. The quantitative estimate of drug-likeness (QED) is 0.516. The van der Waals surface area contributed by atoms with Crippen molar-refractivity contribution in [3.05, 3.63) is 82.6 Å². The molecule has 0 radical (unpaired) electrons. The van der Waals surface area contributed by atoms with Crippen LogP contribution in [0.25, 0.3) is 0 Å². The molecular weight excluding hydrogens is 344 g/mol. The van der Waals surface area contributed by atoms with Gasteiger partial charge in [-0.15, -0.1) is 0 Å². The van der Waals surface area contributed by atoms with Crippen molar-refractivity contribution in [2.45, 2.75) is 20.4 Å². The van der Waals surface area contributed by atoms with Crippen molar-refractivity contribution in [1.82, 2.24) is 9.47 Å². The molecule has 1 aromatic carbocycles.